The van der Waals surface area contributed by atoms with Crippen molar-refractivity contribution in [3.8, 4) is 0 Å². The summed E-state index contributed by atoms with van der Waals surface area (Å²) in [7, 11) is 0. The Morgan fingerprint density at radius 3 is 2.80 bits per heavy atom. The highest BCUT2D eigenvalue weighted by molar-refractivity contribution is 5.77. The van der Waals surface area contributed by atoms with Gasteiger partial charge in [0.1, 0.15) is 6.04 Å². The van der Waals surface area contributed by atoms with Crippen LogP contribution in [0.5, 0.6) is 0 Å². The summed E-state index contributed by atoms with van der Waals surface area (Å²) in [6, 6.07) is 1.13. The fourth-order valence-electron chi connectivity index (χ4n) is 3.30. The lowest BCUT2D eigenvalue weighted by molar-refractivity contribution is -0.152. The molecule has 3 atom stereocenters. The number of hydrogen-bond donors (Lipinski definition) is 0. The number of likely N-dealkylation sites (tertiary alicyclic amines) is 1. The molecule has 1 aliphatic carbocycles. The van der Waals surface area contributed by atoms with Crippen LogP contribution < -0.4 is 0 Å². The van der Waals surface area contributed by atoms with E-state index in [1.165, 1.54) is 19.3 Å². The van der Waals surface area contributed by atoms with E-state index in [4.69, 9.17) is 4.74 Å². The monoisotopic (exact) mass is 211 g/mol. The standard InChI is InChI=1S/C12H21NO2/c1-4-15-12(14)11-9-5-6-10(7-9)13(11)8(2)3/h8-11H,4-7H2,1-3H3/t9-,10+,11-/m1/s1. The van der Waals surface area contributed by atoms with Gasteiger partial charge in [-0.25, -0.2) is 0 Å². The molecule has 0 aromatic heterocycles. The molecule has 2 fully saturated rings. The Kier molecular flexibility index (Phi) is 3.01. The number of rotatable bonds is 3. The molecule has 0 aromatic rings. The Bertz CT molecular complexity index is 252. The molecule has 0 unspecified atom stereocenters. The number of piperidine rings is 1. The lowest BCUT2D eigenvalue weighted by Crippen LogP contribution is -2.49. The van der Waals surface area contributed by atoms with Gasteiger partial charge in [-0.05, 0) is 46.0 Å². The summed E-state index contributed by atoms with van der Waals surface area (Å²) in [6.07, 6.45) is 3.66. The highest BCUT2D eigenvalue weighted by atomic mass is 16.5. The molecule has 0 spiro atoms. The van der Waals surface area contributed by atoms with Crippen LogP contribution in [0.2, 0.25) is 0 Å². The fraction of sp³-hybridized carbons (Fsp3) is 0.917. The van der Waals surface area contributed by atoms with E-state index < -0.39 is 0 Å². The predicted octanol–water partition coefficient (Wildman–Crippen LogP) is 1.81. The normalized spacial score (nSPS) is 35.1. The van der Waals surface area contributed by atoms with Crippen molar-refractivity contribution in [3.63, 3.8) is 0 Å². The summed E-state index contributed by atoms with van der Waals surface area (Å²) in [4.78, 5) is 14.3. The Balaban J connectivity index is 2.11. The van der Waals surface area contributed by atoms with E-state index in [0.717, 1.165) is 0 Å². The Labute approximate surface area is 91.8 Å². The maximum atomic E-state index is 11.9. The van der Waals surface area contributed by atoms with E-state index in [1.54, 1.807) is 0 Å². The molecule has 3 heteroatoms. The molecule has 3 nitrogen and oxygen atoms in total. The van der Waals surface area contributed by atoms with Gasteiger partial charge in [-0.1, -0.05) is 0 Å². The maximum absolute atomic E-state index is 11.9. The minimum Gasteiger partial charge on any atom is -0.465 e. The van der Waals surface area contributed by atoms with Gasteiger partial charge in [-0.15, -0.1) is 0 Å². The summed E-state index contributed by atoms with van der Waals surface area (Å²) >= 11 is 0. The third kappa shape index (κ3) is 1.78. The average molecular weight is 211 g/mol. The number of ether oxygens (including phenoxy) is 1. The zero-order valence-electron chi connectivity index (χ0n) is 9.90. The van der Waals surface area contributed by atoms with Crippen LogP contribution >= 0.6 is 0 Å². The van der Waals surface area contributed by atoms with Crippen LogP contribution in [0.1, 0.15) is 40.0 Å². The molecule has 1 saturated heterocycles. The second-order valence-corrected chi connectivity index (χ2v) is 4.96. The number of nitrogens with zero attached hydrogens (tertiary/aromatic N) is 1. The topological polar surface area (TPSA) is 29.5 Å². The highest BCUT2D eigenvalue weighted by Gasteiger charge is 2.50. The molecule has 0 aromatic carbocycles. The quantitative estimate of drug-likeness (QED) is 0.667. The number of fused-ring (bicyclic) bond motifs is 2. The summed E-state index contributed by atoms with van der Waals surface area (Å²) in [5, 5.41) is 0. The van der Waals surface area contributed by atoms with Gasteiger partial charge in [0.05, 0.1) is 6.61 Å². The Hall–Kier alpha value is -0.570. The smallest absolute Gasteiger partial charge is 0.323 e. The summed E-state index contributed by atoms with van der Waals surface area (Å²) < 4.78 is 5.18. The van der Waals surface area contributed by atoms with Crippen LogP contribution in [-0.2, 0) is 9.53 Å². The fourth-order valence-corrected chi connectivity index (χ4v) is 3.30. The molecule has 2 bridgehead atoms. The Morgan fingerprint density at radius 1 is 1.47 bits per heavy atom. The molecule has 1 saturated carbocycles. The van der Waals surface area contributed by atoms with E-state index in [2.05, 4.69) is 18.7 Å². The number of hydrogen-bond acceptors (Lipinski definition) is 3. The summed E-state index contributed by atoms with van der Waals surface area (Å²) in [5.41, 5.74) is 0. The van der Waals surface area contributed by atoms with Crippen LogP contribution in [0, 0.1) is 5.92 Å². The second-order valence-electron chi connectivity index (χ2n) is 4.96. The molecule has 1 heterocycles. The largest absolute Gasteiger partial charge is 0.465 e. The molecule has 86 valence electrons. The third-order valence-corrected chi connectivity index (χ3v) is 3.76. The molecular weight excluding hydrogens is 190 g/mol. The van der Waals surface area contributed by atoms with E-state index in [9.17, 15) is 4.79 Å². The van der Waals surface area contributed by atoms with Crippen molar-refractivity contribution in [1.82, 2.24) is 4.90 Å². The highest BCUT2D eigenvalue weighted by Crippen LogP contribution is 2.43. The number of carbonyl (C=O) groups excluding carboxylic acids is 1. The molecule has 0 radical (unpaired) electrons. The van der Waals surface area contributed by atoms with Gasteiger partial charge >= 0.3 is 5.97 Å². The molecule has 15 heavy (non-hydrogen) atoms. The first-order valence-corrected chi connectivity index (χ1v) is 6.09. The van der Waals surface area contributed by atoms with Crippen LogP contribution in [0.15, 0.2) is 0 Å². The first-order valence-electron chi connectivity index (χ1n) is 6.09. The molecule has 2 rings (SSSR count). The first kappa shape index (κ1) is 10.9. The van der Waals surface area contributed by atoms with Crippen molar-refractivity contribution in [2.75, 3.05) is 6.61 Å². The first-order chi connectivity index (χ1) is 7.15. The molecule has 0 amide bonds. The zero-order chi connectivity index (χ0) is 11.0. The second kappa shape index (κ2) is 4.12. The lowest BCUT2D eigenvalue weighted by atomic mass is 9.98. The summed E-state index contributed by atoms with van der Waals surface area (Å²) in [6.45, 7) is 6.73. The molecule has 2 aliphatic rings. The Morgan fingerprint density at radius 2 is 2.20 bits per heavy atom. The van der Waals surface area contributed by atoms with E-state index >= 15 is 0 Å². The van der Waals surface area contributed by atoms with E-state index in [0.29, 0.717) is 24.6 Å². The van der Waals surface area contributed by atoms with Crippen LogP contribution in [0.4, 0.5) is 0 Å². The summed E-state index contributed by atoms with van der Waals surface area (Å²) in [5.74, 6) is 0.551. The molecule has 0 N–H and O–H groups in total. The van der Waals surface area contributed by atoms with Gasteiger partial charge in [-0.2, -0.15) is 0 Å². The van der Waals surface area contributed by atoms with Crippen LogP contribution in [0.25, 0.3) is 0 Å². The third-order valence-electron chi connectivity index (χ3n) is 3.76. The van der Waals surface area contributed by atoms with Crippen molar-refractivity contribution in [3.05, 3.63) is 0 Å². The molecule has 1 aliphatic heterocycles. The minimum absolute atomic E-state index is 0.00148. The number of esters is 1. The average Bonchev–Trinajstić information content (AvgIpc) is 2.76. The van der Waals surface area contributed by atoms with Crippen molar-refractivity contribution >= 4 is 5.97 Å². The zero-order valence-corrected chi connectivity index (χ0v) is 9.90. The number of carbonyl (C=O) groups is 1. The van der Waals surface area contributed by atoms with Gasteiger partial charge in [-0.3, -0.25) is 9.69 Å². The van der Waals surface area contributed by atoms with Crippen molar-refractivity contribution in [1.29, 1.82) is 0 Å². The minimum atomic E-state index is -0.00148. The van der Waals surface area contributed by atoms with E-state index in [-0.39, 0.29) is 12.0 Å². The van der Waals surface area contributed by atoms with E-state index in [1.807, 2.05) is 6.92 Å². The van der Waals surface area contributed by atoms with Gasteiger partial charge in [0, 0.05) is 12.1 Å². The van der Waals surface area contributed by atoms with Gasteiger partial charge in [0.2, 0.25) is 0 Å². The maximum Gasteiger partial charge on any atom is 0.323 e. The van der Waals surface area contributed by atoms with Crippen molar-refractivity contribution in [2.24, 2.45) is 5.92 Å². The van der Waals surface area contributed by atoms with Crippen LogP contribution in [-0.4, -0.2) is 35.6 Å². The van der Waals surface area contributed by atoms with Crippen LogP contribution in [0.3, 0.4) is 0 Å². The van der Waals surface area contributed by atoms with Crippen molar-refractivity contribution < 1.29 is 9.53 Å². The van der Waals surface area contributed by atoms with Gasteiger partial charge < -0.3 is 4.74 Å². The van der Waals surface area contributed by atoms with Crippen molar-refractivity contribution in [2.45, 2.75) is 58.2 Å². The lowest BCUT2D eigenvalue weighted by Gasteiger charge is -2.36. The van der Waals surface area contributed by atoms with Gasteiger partial charge in [0.15, 0.2) is 0 Å². The van der Waals surface area contributed by atoms with Gasteiger partial charge in [0.25, 0.3) is 0 Å². The predicted molar refractivity (Wildman–Crippen MR) is 58.5 cm³/mol. The molecular formula is C12H21NO2. The SMILES string of the molecule is CCOC(=O)[C@H]1[C@@H]2CC[C@@H](C2)N1C(C)C.